The Bertz CT molecular complexity index is 479. The summed E-state index contributed by atoms with van der Waals surface area (Å²) < 4.78 is 1.15. The number of halogens is 1. The molecular weight excluding hydrogens is 324 g/mol. The minimum Gasteiger partial charge on any atom is -0.371 e. The molecule has 0 spiro atoms. The van der Waals surface area contributed by atoms with Crippen LogP contribution in [-0.2, 0) is 6.42 Å². The van der Waals surface area contributed by atoms with E-state index in [-0.39, 0.29) is 6.04 Å². The van der Waals surface area contributed by atoms with Gasteiger partial charge in [0.15, 0.2) is 0 Å². The van der Waals surface area contributed by atoms with Gasteiger partial charge in [-0.15, -0.1) is 0 Å². The van der Waals surface area contributed by atoms with E-state index in [2.05, 4.69) is 66.7 Å². The zero-order valence-corrected chi connectivity index (χ0v) is 15.4. The number of anilines is 1. The minimum absolute atomic E-state index is 0.249. The smallest absolute Gasteiger partial charge is 0.0400 e. The van der Waals surface area contributed by atoms with Gasteiger partial charge in [-0.05, 0) is 54.4 Å². The molecule has 2 unspecified atom stereocenters. The largest absolute Gasteiger partial charge is 0.371 e. The van der Waals surface area contributed by atoms with E-state index in [0.29, 0.717) is 5.41 Å². The second kappa shape index (κ2) is 6.70. The highest BCUT2D eigenvalue weighted by Crippen LogP contribution is 2.37. The third-order valence-electron chi connectivity index (χ3n) is 4.80. The van der Waals surface area contributed by atoms with Crippen LogP contribution >= 0.6 is 15.9 Å². The van der Waals surface area contributed by atoms with Crippen molar-refractivity contribution in [2.24, 2.45) is 17.1 Å². The molecule has 0 saturated carbocycles. The molecule has 1 heterocycles. The van der Waals surface area contributed by atoms with Gasteiger partial charge < -0.3 is 10.6 Å². The standard InChI is InChI=1S/C18H29BrN2/c1-5-16(20)11-13-10-15(19)6-7-17(13)21-9-8-14(12-21)18(2,3)4/h6-7,10,14,16H,5,8-9,11-12,20H2,1-4H3. The highest BCUT2D eigenvalue weighted by Gasteiger charge is 2.32. The van der Waals surface area contributed by atoms with Crippen LogP contribution in [0.1, 0.15) is 46.1 Å². The van der Waals surface area contributed by atoms with Gasteiger partial charge in [-0.3, -0.25) is 0 Å². The lowest BCUT2D eigenvalue weighted by molar-refractivity contribution is 0.263. The molecule has 0 bridgehead atoms. The lowest BCUT2D eigenvalue weighted by Crippen LogP contribution is -2.28. The Labute approximate surface area is 138 Å². The third-order valence-corrected chi connectivity index (χ3v) is 5.29. The SMILES string of the molecule is CCC(N)Cc1cc(Br)ccc1N1CCC(C(C)(C)C)C1. The van der Waals surface area contributed by atoms with Crippen molar-refractivity contribution in [3.8, 4) is 0 Å². The van der Waals surface area contributed by atoms with E-state index in [9.17, 15) is 0 Å². The monoisotopic (exact) mass is 352 g/mol. The van der Waals surface area contributed by atoms with Crippen molar-refractivity contribution in [3.63, 3.8) is 0 Å². The zero-order chi connectivity index (χ0) is 15.6. The highest BCUT2D eigenvalue weighted by molar-refractivity contribution is 9.10. The molecule has 1 aliphatic rings. The van der Waals surface area contributed by atoms with Crippen LogP contribution in [0, 0.1) is 11.3 Å². The summed E-state index contributed by atoms with van der Waals surface area (Å²) in [4.78, 5) is 2.56. The summed E-state index contributed by atoms with van der Waals surface area (Å²) in [5.74, 6) is 0.772. The second-order valence-corrected chi connectivity index (χ2v) is 8.36. The number of nitrogens with two attached hydrogens (primary N) is 1. The van der Waals surface area contributed by atoms with E-state index >= 15 is 0 Å². The molecule has 2 rings (SSSR count). The molecule has 2 N–H and O–H groups in total. The molecule has 1 aliphatic heterocycles. The van der Waals surface area contributed by atoms with E-state index in [1.165, 1.54) is 24.2 Å². The molecule has 2 atom stereocenters. The number of nitrogens with zero attached hydrogens (tertiary/aromatic N) is 1. The van der Waals surface area contributed by atoms with Gasteiger partial charge in [-0.25, -0.2) is 0 Å². The van der Waals surface area contributed by atoms with Crippen LogP contribution in [0.2, 0.25) is 0 Å². The molecule has 0 radical (unpaired) electrons. The first kappa shape index (κ1) is 16.8. The maximum atomic E-state index is 6.19. The van der Waals surface area contributed by atoms with E-state index in [1.54, 1.807) is 0 Å². The first-order valence-electron chi connectivity index (χ1n) is 8.10. The van der Waals surface area contributed by atoms with Gasteiger partial charge in [0.2, 0.25) is 0 Å². The molecule has 118 valence electrons. The summed E-state index contributed by atoms with van der Waals surface area (Å²) in [5.41, 5.74) is 9.34. The Hall–Kier alpha value is -0.540. The fourth-order valence-corrected chi connectivity index (χ4v) is 3.55. The number of hydrogen-bond donors (Lipinski definition) is 1. The number of rotatable bonds is 4. The highest BCUT2D eigenvalue weighted by atomic mass is 79.9. The van der Waals surface area contributed by atoms with Crippen LogP contribution in [0.15, 0.2) is 22.7 Å². The normalized spacial score (nSPS) is 20.9. The summed E-state index contributed by atoms with van der Waals surface area (Å²) in [6, 6.07) is 6.90. The van der Waals surface area contributed by atoms with E-state index < -0.39 is 0 Å². The van der Waals surface area contributed by atoms with Crippen molar-refractivity contribution in [2.75, 3.05) is 18.0 Å². The molecule has 0 aliphatic carbocycles. The van der Waals surface area contributed by atoms with Crippen molar-refractivity contribution < 1.29 is 0 Å². The average molecular weight is 353 g/mol. The molecule has 1 fully saturated rings. The van der Waals surface area contributed by atoms with E-state index in [1.807, 2.05) is 0 Å². The van der Waals surface area contributed by atoms with Gasteiger partial charge >= 0.3 is 0 Å². The van der Waals surface area contributed by atoms with E-state index in [0.717, 1.165) is 29.8 Å². The maximum absolute atomic E-state index is 6.19. The first-order valence-corrected chi connectivity index (χ1v) is 8.89. The summed E-state index contributed by atoms with van der Waals surface area (Å²) in [6.45, 7) is 11.6. The molecule has 3 heteroatoms. The van der Waals surface area contributed by atoms with Crippen LogP contribution in [0.3, 0.4) is 0 Å². The number of hydrogen-bond acceptors (Lipinski definition) is 2. The summed E-state index contributed by atoms with van der Waals surface area (Å²) >= 11 is 3.60. The van der Waals surface area contributed by atoms with Gasteiger partial charge in [0, 0.05) is 29.3 Å². The quantitative estimate of drug-likeness (QED) is 0.857. The first-order chi connectivity index (χ1) is 9.81. The van der Waals surface area contributed by atoms with E-state index in [4.69, 9.17) is 5.73 Å². The summed E-state index contributed by atoms with van der Waals surface area (Å²) in [7, 11) is 0. The summed E-state index contributed by atoms with van der Waals surface area (Å²) in [6.07, 6.45) is 3.28. The van der Waals surface area contributed by atoms with Crippen LogP contribution in [0.25, 0.3) is 0 Å². The van der Waals surface area contributed by atoms with Crippen LogP contribution in [0.5, 0.6) is 0 Å². The average Bonchev–Trinajstić information content (AvgIpc) is 2.88. The Morgan fingerprint density at radius 1 is 1.38 bits per heavy atom. The van der Waals surface area contributed by atoms with Gasteiger partial charge in [-0.2, -0.15) is 0 Å². The van der Waals surface area contributed by atoms with Crippen molar-refractivity contribution in [1.82, 2.24) is 0 Å². The molecule has 1 aromatic carbocycles. The van der Waals surface area contributed by atoms with Gasteiger partial charge in [0.1, 0.15) is 0 Å². The lowest BCUT2D eigenvalue weighted by Gasteiger charge is -2.28. The minimum atomic E-state index is 0.249. The molecule has 1 aromatic rings. The Balaban J connectivity index is 2.20. The van der Waals surface area contributed by atoms with Gasteiger partial charge in [0.25, 0.3) is 0 Å². The fourth-order valence-electron chi connectivity index (χ4n) is 3.14. The fraction of sp³-hybridized carbons (Fsp3) is 0.667. The van der Waals surface area contributed by atoms with Crippen LogP contribution < -0.4 is 10.6 Å². The molecule has 0 aromatic heterocycles. The predicted molar refractivity (Wildman–Crippen MR) is 95.9 cm³/mol. The number of benzene rings is 1. The van der Waals surface area contributed by atoms with Crippen LogP contribution in [-0.4, -0.2) is 19.1 Å². The van der Waals surface area contributed by atoms with Gasteiger partial charge in [-0.1, -0.05) is 43.6 Å². The van der Waals surface area contributed by atoms with Crippen molar-refractivity contribution in [2.45, 2.75) is 53.0 Å². The third kappa shape index (κ3) is 4.23. The Morgan fingerprint density at radius 2 is 2.10 bits per heavy atom. The van der Waals surface area contributed by atoms with Crippen molar-refractivity contribution in [3.05, 3.63) is 28.2 Å². The van der Waals surface area contributed by atoms with Crippen LogP contribution in [0.4, 0.5) is 5.69 Å². The summed E-state index contributed by atoms with van der Waals surface area (Å²) in [5, 5.41) is 0. The predicted octanol–water partition coefficient (Wildman–Crippen LogP) is 4.60. The maximum Gasteiger partial charge on any atom is 0.0400 e. The van der Waals surface area contributed by atoms with Crippen molar-refractivity contribution in [1.29, 1.82) is 0 Å². The second-order valence-electron chi connectivity index (χ2n) is 7.44. The lowest BCUT2D eigenvalue weighted by atomic mass is 9.80. The van der Waals surface area contributed by atoms with Crippen molar-refractivity contribution >= 4 is 21.6 Å². The molecular formula is C18H29BrN2. The Morgan fingerprint density at radius 3 is 2.67 bits per heavy atom. The Kier molecular flexibility index (Phi) is 5.37. The molecule has 21 heavy (non-hydrogen) atoms. The molecule has 1 saturated heterocycles. The molecule has 0 amide bonds. The van der Waals surface area contributed by atoms with Gasteiger partial charge in [0.05, 0.1) is 0 Å². The molecule has 2 nitrogen and oxygen atoms in total. The zero-order valence-electron chi connectivity index (χ0n) is 13.8. The topological polar surface area (TPSA) is 29.3 Å².